The number of hydrogen-bond donors (Lipinski definition) is 0. The van der Waals surface area contributed by atoms with Crippen LogP contribution < -0.4 is 24.3 Å². The first kappa shape index (κ1) is 27.5. The molecule has 0 N–H and O–H groups in total. The minimum Gasteiger partial charge on any atom is -0.455 e. The first-order valence-electron chi connectivity index (χ1n) is 15.8. The van der Waals surface area contributed by atoms with Crippen molar-refractivity contribution < 1.29 is 4.74 Å². The SMILES string of the molecule is Cc1c(Oc2cnc3c(c2C)C2N(C)c4ccccc4N2c2cccc(C(C)C)c2-3)cccc1N1c2ncccc2N(C)C1C. The molecule has 2 atom stereocenters. The molecule has 0 aliphatic carbocycles. The van der Waals surface area contributed by atoms with Gasteiger partial charge in [0.1, 0.15) is 23.8 Å². The molecule has 226 valence electrons. The van der Waals surface area contributed by atoms with Gasteiger partial charge in [0, 0.05) is 42.5 Å². The predicted molar refractivity (Wildman–Crippen MR) is 184 cm³/mol. The molecule has 2 unspecified atom stereocenters. The molecule has 5 aromatic rings. The molecule has 8 rings (SSSR count). The molecule has 5 heterocycles. The van der Waals surface area contributed by atoms with Crippen LogP contribution >= 0.6 is 0 Å². The van der Waals surface area contributed by atoms with Gasteiger partial charge in [-0.1, -0.05) is 44.2 Å². The Morgan fingerprint density at radius 1 is 0.689 bits per heavy atom. The van der Waals surface area contributed by atoms with Crippen molar-refractivity contribution >= 4 is 34.3 Å². The lowest BCUT2D eigenvalue weighted by molar-refractivity contribution is 0.470. The van der Waals surface area contributed by atoms with Crippen molar-refractivity contribution in [3.63, 3.8) is 0 Å². The Hall–Kier alpha value is -5.04. The van der Waals surface area contributed by atoms with E-state index in [0.717, 1.165) is 45.5 Å². The first-order valence-corrected chi connectivity index (χ1v) is 15.8. The van der Waals surface area contributed by atoms with Crippen molar-refractivity contribution in [2.24, 2.45) is 0 Å². The molecule has 0 fully saturated rings. The average Bonchev–Trinajstić information content (AvgIpc) is 3.49. The van der Waals surface area contributed by atoms with E-state index in [1.54, 1.807) is 0 Å². The zero-order chi connectivity index (χ0) is 31.1. The molecule has 0 spiro atoms. The molecule has 0 radical (unpaired) electrons. The van der Waals surface area contributed by atoms with E-state index in [0.29, 0.717) is 5.92 Å². The first-order chi connectivity index (χ1) is 21.8. The van der Waals surface area contributed by atoms with Crippen LogP contribution in [0.1, 0.15) is 55.1 Å². The Morgan fingerprint density at radius 2 is 1.40 bits per heavy atom. The summed E-state index contributed by atoms with van der Waals surface area (Å²) in [5, 5.41) is 0. The van der Waals surface area contributed by atoms with Gasteiger partial charge in [0.05, 0.1) is 40.3 Å². The number of nitrogens with zero attached hydrogens (tertiary/aromatic N) is 6. The third-order valence-corrected chi connectivity index (χ3v) is 9.97. The van der Waals surface area contributed by atoms with E-state index in [-0.39, 0.29) is 12.3 Å². The molecule has 0 bridgehead atoms. The Balaban J connectivity index is 1.26. The number of anilines is 6. The van der Waals surface area contributed by atoms with Crippen molar-refractivity contribution in [2.75, 3.05) is 33.7 Å². The van der Waals surface area contributed by atoms with Crippen molar-refractivity contribution in [3.8, 4) is 22.8 Å². The molecule has 3 aliphatic heterocycles. The maximum absolute atomic E-state index is 6.82. The van der Waals surface area contributed by atoms with E-state index in [4.69, 9.17) is 14.7 Å². The zero-order valence-electron chi connectivity index (χ0n) is 26.9. The van der Waals surface area contributed by atoms with Crippen LogP contribution in [0.15, 0.2) is 85.2 Å². The fourth-order valence-electron chi connectivity index (χ4n) is 7.51. The minimum absolute atomic E-state index is 0.0284. The van der Waals surface area contributed by atoms with Gasteiger partial charge in [-0.2, -0.15) is 0 Å². The Kier molecular flexibility index (Phi) is 6.11. The van der Waals surface area contributed by atoms with Gasteiger partial charge < -0.3 is 24.3 Å². The second-order valence-corrected chi connectivity index (χ2v) is 12.7. The molecule has 7 nitrogen and oxygen atoms in total. The lowest BCUT2D eigenvalue weighted by Crippen LogP contribution is -2.36. The van der Waals surface area contributed by atoms with Crippen LogP contribution in [0, 0.1) is 13.8 Å². The number of pyridine rings is 2. The Labute approximate surface area is 265 Å². The van der Waals surface area contributed by atoms with E-state index < -0.39 is 0 Å². The Morgan fingerprint density at radius 3 is 2.20 bits per heavy atom. The van der Waals surface area contributed by atoms with E-state index in [2.05, 4.69) is 135 Å². The summed E-state index contributed by atoms with van der Waals surface area (Å²) in [5.41, 5.74) is 12.8. The topological polar surface area (TPSA) is 48.0 Å². The van der Waals surface area contributed by atoms with Crippen LogP contribution in [0.4, 0.5) is 34.3 Å². The lowest BCUT2D eigenvalue weighted by Gasteiger charge is -2.39. The number of ether oxygens (including phenoxy) is 1. The van der Waals surface area contributed by atoms with Gasteiger partial charge in [0.15, 0.2) is 5.82 Å². The van der Waals surface area contributed by atoms with Crippen molar-refractivity contribution in [1.29, 1.82) is 0 Å². The molecule has 3 aliphatic rings. The average molecular weight is 595 g/mol. The highest BCUT2D eigenvalue weighted by molar-refractivity contribution is 5.96. The highest BCUT2D eigenvalue weighted by atomic mass is 16.5. The smallest absolute Gasteiger partial charge is 0.158 e. The highest BCUT2D eigenvalue weighted by Gasteiger charge is 2.44. The molecule has 2 aromatic heterocycles. The summed E-state index contributed by atoms with van der Waals surface area (Å²) in [7, 11) is 4.30. The number of fused-ring (bicyclic) bond motifs is 9. The molecular formula is C38H38N6O. The van der Waals surface area contributed by atoms with Crippen molar-refractivity contribution in [3.05, 3.63) is 107 Å². The molecule has 3 aromatic carbocycles. The summed E-state index contributed by atoms with van der Waals surface area (Å²) >= 11 is 0. The fraction of sp³-hybridized carbons (Fsp3) is 0.263. The zero-order valence-corrected chi connectivity index (χ0v) is 26.9. The summed E-state index contributed by atoms with van der Waals surface area (Å²) in [6.45, 7) is 11.0. The van der Waals surface area contributed by atoms with Gasteiger partial charge in [0.2, 0.25) is 0 Å². The van der Waals surface area contributed by atoms with E-state index in [1.807, 2.05) is 18.5 Å². The maximum atomic E-state index is 6.82. The van der Waals surface area contributed by atoms with Crippen LogP contribution in [0.25, 0.3) is 11.3 Å². The monoisotopic (exact) mass is 594 g/mol. The van der Waals surface area contributed by atoms with Crippen LogP contribution in [0.2, 0.25) is 0 Å². The third-order valence-electron chi connectivity index (χ3n) is 9.97. The van der Waals surface area contributed by atoms with Crippen LogP contribution in [0.5, 0.6) is 11.5 Å². The molecule has 0 saturated carbocycles. The molecule has 45 heavy (non-hydrogen) atoms. The van der Waals surface area contributed by atoms with Crippen LogP contribution in [0.3, 0.4) is 0 Å². The van der Waals surface area contributed by atoms with Crippen molar-refractivity contribution in [1.82, 2.24) is 9.97 Å². The standard InChI is InChI=1S/C38H38N6O/c1-22(2)26-13-10-17-30-35(26)36-34(38-42(7)28-14-8-9-15-29(28)44(30)38)24(4)33(21-40-36)45-32-19-11-16-27(23(32)3)43-25(5)41(6)31-18-12-20-39-37(31)43/h8-22,25,38H,1-7H3. The number of aromatic nitrogens is 2. The summed E-state index contributed by atoms with van der Waals surface area (Å²) in [5.74, 6) is 2.91. The molecule has 7 heteroatoms. The van der Waals surface area contributed by atoms with Crippen LogP contribution in [-0.2, 0) is 0 Å². The van der Waals surface area contributed by atoms with Gasteiger partial charge in [-0.05, 0) is 74.7 Å². The summed E-state index contributed by atoms with van der Waals surface area (Å²) in [6.07, 6.45) is 3.87. The van der Waals surface area contributed by atoms with E-state index >= 15 is 0 Å². The van der Waals surface area contributed by atoms with E-state index in [1.165, 1.54) is 33.8 Å². The minimum atomic E-state index is -0.0284. The molecular weight excluding hydrogens is 556 g/mol. The normalized spacial score (nSPS) is 17.7. The van der Waals surface area contributed by atoms with Gasteiger partial charge in [-0.15, -0.1) is 0 Å². The molecule has 0 saturated heterocycles. The quantitative estimate of drug-likeness (QED) is 0.206. The second kappa shape index (κ2) is 9.99. The molecule has 0 amide bonds. The fourth-order valence-corrected chi connectivity index (χ4v) is 7.51. The predicted octanol–water partition coefficient (Wildman–Crippen LogP) is 9.21. The van der Waals surface area contributed by atoms with Gasteiger partial charge in [0.25, 0.3) is 0 Å². The van der Waals surface area contributed by atoms with Gasteiger partial charge in [-0.3, -0.25) is 4.98 Å². The summed E-state index contributed by atoms with van der Waals surface area (Å²) < 4.78 is 6.82. The maximum Gasteiger partial charge on any atom is 0.158 e. The van der Waals surface area contributed by atoms with Crippen LogP contribution in [-0.4, -0.2) is 30.2 Å². The Bertz CT molecular complexity index is 1990. The lowest BCUT2D eigenvalue weighted by atomic mass is 9.86. The van der Waals surface area contributed by atoms with Gasteiger partial charge >= 0.3 is 0 Å². The number of para-hydroxylation sites is 2. The number of benzene rings is 3. The third kappa shape index (κ3) is 3.82. The van der Waals surface area contributed by atoms with E-state index in [9.17, 15) is 0 Å². The summed E-state index contributed by atoms with van der Waals surface area (Å²) in [4.78, 5) is 19.4. The largest absolute Gasteiger partial charge is 0.455 e. The number of rotatable bonds is 4. The number of hydrogen-bond acceptors (Lipinski definition) is 7. The van der Waals surface area contributed by atoms with Crippen molar-refractivity contribution in [2.45, 2.75) is 52.9 Å². The second-order valence-electron chi connectivity index (χ2n) is 12.7. The summed E-state index contributed by atoms with van der Waals surface area (Å²) in [6, 6.07) is 25.8. The van der Waals surface area contributed by atoms with Gasteiger partial charge in [-0.25, -0.2) is 4.98 Å². The highest BCUT2D eigenvalue weighted by Crippen LogP contribution is 2.58.